The van der Waals surface area contributed by atoms with Gasteiger partial charge >= 0.3 is 5.97 Å². The van der Waals surface area contributed by atoms with E-state index in [0.29, 0.717) is 12.2 Å². The number of benzene rings is 2. The second-order valence-corrected chi connectivity index (χ2v) is 7.38. The van der Waals surface area contributed by atoms with Gasteiger partial charge < -0.3 is 9.84 Å². The van der Waals surface area contributed by atoms with E-state index in [1.165, 1.54) is 11.6 Å². The van der Waals surface area contributed by atoms with E-state index in [4.69, 9.17) is 9.84 Å². The molecule has 1 N–H and O–H groups in total. The first-order chi connectivity index (χ1) is 13.6. The highest BCUT2D eigenvalue weighted by molar-refractivity contribution is 5.87. The summed E-state index contributed by atoms with van der Waals surface area (Å²) >= 11 is 0. The van der Waals surface area contributed by atoms with Crippen LogP contribution in [0.25, 0.3) is 0 Å². The first-order valence-corrected chi connectivity index (χ1v) is 10.0. The molecule has 0 saturated carbocycles. The van der Waals surface area contributed by atoms with E-state index in [1.807, 2.05) is 18.2 Å². The second kappa shape index (κ2) is 9.80. The van der Waals surface area contributed by atoms with Gasteiger partial charge in [-0.15, -0.1) is 0 Å². The maximum absolute atomic E-state index is 14.6. The van der Waals surface area contributed by atoms with Crippen LogP contribution < -0.4 is 0 Å². The summed E-state index contributed by atoms with van der Waals surface area (Å²) in [7, 11) is 0. The molecule has 5 heteroatoms. The third-order valence-corrected chi connectivity index (χ3v) is 5.41. The molecule has 0 aromatic heterocycles. The molecule has 1 fully saturated rings. The minimum atomic E-state index is -1.10. The van der Waals surface area contributed by atoms with Crippen molar-refractivity contribution >= 4 is 5.97 Å². The Labute approximate surface area is 165 Å². The predicted molar refractivity (Wildman–Crippen MR) is 107 cm³/mol. The molecule has 0 bridgehead atoms. The van der Waals surface area contributed by atoms with E-state index in [1.54, 1.807) is 6.07 Å². The zero-order chi connectivity index (χ0) is 19.9. The minimum Gasteiger partial charge on any atom is -0.478 e. The quantitative estimate of drug-likeness (QED) is 0.691. The molecule has 3 rings (SSSR count). The summed E-state index contributed by atoms with van der Waals surface area (Å²) < 4.78 is 20.7. The van der Waals surface area contributed by atoms with E-state index in [-0.39, 0.29) is 17.7 Å². The molecule has 0 aliphatic carbocycles. The number of piperidine rings is 1. The van der Waals surface area contributed by atoms with Gasteiger partial charge in [-0.2, -0.15) is 0 Å². The van der Waals surface area contributed by atoms with Crippen LogP contribution >= 0.6 is 0 Å². The van der Waals surface area contributed by atoms with Crippen molar-refractivity contribution in [2.45, 2.75) is 51.4 Å². The first kappa shape index (κ1) is 20.5. The highest BCUT2D eigenvalue weighted by atomic mass is 19.1. The third-order valence-electron chi connectivity index (χ3n) is 5.41. The van der Waals surface area contributed by atoms with Crippen molar-refractivity contribution < 1.29 is 19.0 Å². The molecule has 1 aliphatic rings. The summed E-state index contributed by atoms with van der Waals surface area (Å²) in [6.07, 6.45) is 3.84. The van der Waals surface area contributed by atoms with Gasteiger partial charge in [0.2, 0.25) is 0 Å². The van der Waals surface area contributed by atoms with Gasteiger partial charge in [0.15, 0.2) is 0 Å². The van der Waals surface area contributed by atoms with Gasteiger partial charge in [-0.1, -0.05) is 49.7 Å². The summed E-state index contributed by atoms with van der Waals surface area (Å²) in [5.74, 6) is -1.53. The lowest BCUT2D eigenvalue weighted by atomic mass is 9.95. The Morgan fingerprint density at radius 2 is 1.93 bits per heavy atom. The van der Waals surface area contributed by atoms with E-state index in [9.17, 15) is 9.18 Å². The van der Waals surface area contributed by atoms with Crippen molar-refractivity contribution in [2.75, 3.05) is 13.1 Å². The number of halogens is 1. The summed E-state index contributed by atoms with van der Waals surface area (Å²) in [5.41, 5.74) is 1.76. The molecule has 1 unspecified atom stereocenters. The Hall–Kier alpha value is -2.24. The fourth-order valence-electron chi connectivity index (χ4n) is 3.88. The number of carboxylic acid groups (broad SMARTS) is 1. The average molecular weight is 385 g/mol. The molecule has 1 aliphatic heterocycles. The third kappa shape index (κ3) is 5.18. The van der Waals surface area contributed by atoms with Crippen LogP contribution in [0.5, 0.6) is 0 Å². The Bertz CT molecular complexity index is 773. The highest BCUT2D eigenvalue weighted by Crippen LogP contribution is 2.31. The Balaban J connectivity index is 1.61. The molecule has 1 saturated heterocycles. The van der Waals surface area contributed by atoms with Crippen LogP contribution in [0.15, 0.2) is 48.5 Å². The first-order valence-electron chi connectivity index (χ1n) is 10.0. The van der Waals surface area contributed by atoms with Gasteiger partial charge in [0.05, 0.1) is 18.3 Å². The van der Waals surface area contributed by atoms with Crippen molar-refractivity contribution in [1.82, 2.24) is 4.90 Å². The number of ether oxygens (including phenoxy) is 1. The van der Waals surface area contributed by atoms with Gasteiger partial charge in [0, 0.05) is 24.7 Å². The summed E-state index contributed by atoms with van der Waals surface area (Å²) in [6, 6.07) is 14.4. The summed E-state index contributed by atoms with van der Waals surface area (Å²) in [4.78, 5) is 13.4. The standard InChI is InChI=1S/C23H28FNO3/c1-2-6-22(20-10-9-18(23(26)27)15-21(20)24)25-13-11-19(12-14-25)28-16-17-7-4-3-5-8-17/h3-5,7-10,15,19,22H,2,6,11-14,16H2,1H3,(H,26,27). The van der Waals surface area contributed by atoms with Crippen LogP contribution in [0.3, 0.4) is 0 Å². The van der Waals surface area contributed by atoms with Crippen molar-refractivity contribution in [3.8, 4) is 0 Å². The predicted octanol–water partition coefficient (Wildman–Crippen LogP) is 5.05. The molecular weight excluding hydrogens is 357 g/mol. The normalized spacial score (nSPS) is 16.8. The summed E-state index contributed by atoms with van der Waals surface area (Å²) in [5, 5.41) is 9.06. The Morgan fingerprint density at radius 3 is 2.54 bits per heavy atom. The molecule has 0 radical (unpaired) electrons. The molecule has 1 atom stereocenters. The maximum atomic E-state index is 14.6. The Kier molecular flexibility index (Phi) is 7.18. The second-order valence-electron chi connectivity index (χ2n) is 7.38. The van der Waals surface area contributed by atoms with Crippen LogP contribution in [0.4, 0.5) is 4.39 Å². The highest BCUT2D eigenvalue weighted by Gasteiger charge is 2.28. The van der Waals surface area contributed by atoms with E-state index in [2.05, 4.69) is 24.0 Å². The molecule has 150 valence electrons. The smallest absolute Gasteiger partial charge is 0.335 e. The number of aromatic carboxylic acids is 1. The molecular formula is C23H28FNO3. The lowest BCUT2D eigenvalue weighted by Gasteiger charge is -2.38. The summed E-state index contributed by atoms with van der Waals surface area (Å²) in [6.45, 7) is 4.41. The number of hydrogen-bond donors (Lipinski definition) is 1. The number of hydrogen-bond acceptors (Lipinski definition) is 3. The van der Waals surface area contributed by atoms with Gasteiger partial charge in [0.1, 0.15) is 5.82 Å². The number of carbonyl (C=O) groups is 1. The maximum Gasteiger partial charge on any atom is 0.335 e. The van der Waals surface area contributed by atoms with Crippen LogP contribution in [0, 0.1) is 5.82 Å². The molecule has 28 heavy (non-hydrogen) atoms. The fourth-order valence-corrected chi connectivity index (χ4v) is 3.88. The van der Waals surface area contributed by atoms with Crippen molar-refractivity contribution in [1.29, 1.82) is 0 Å². The SMILES string of the molecule is CCCC(c1ccc(C(=O)O)cc1F)N1CCC(OCc2ccccc2)CC1. The topological polar surface area (TPSA) is 49.8 Å². The van der Waals surface area contributed by atoms with Crippen LogP contribution in [-0.2, 0) is 11.3 Å². The van der Waals surface area contributed by atoms with Crippen molar-refractivity contribution in [3.63, 3.8) is 0 Å². The number of nitrogens with zero attached hydrogens (tertiary/aromatic N) is 1. The zero-order valence-corrected chi connectivity index (χ0v) is 16.3. The minimum absolute atomic E-state index is 0.00970. The Morgan fingerprint density at radius 1 is 1.21 bits per heavy atom. The zero-order valence-electron chi connectivity index (χ0n) is 16.3. The van der Waals surface area contributed by atoms with Gasteiger partial charge in [0.25, 0.3) is 0 Å². The molecule has 4 nitrogen and oxygen atoms in total. The van der Waals surface area contributed by atoms with Crippen molar-refractivity contribution in [2.24, 2.45) is 0 Å². The van der Waals surface area contributed by atoms with Crippen molar-refractivity contribution in [3.05, 3.63) is 71.0 Å². The molecule has 0 spiro atoms. The fraction of sp³-hybridized carbons (Fsp3) is 0.435. The number of rotatable bonds is 8. The molecule has 0 amide bonds. The molecule has 1 heterocycles. The van der Waals surface area contributed by atoms with E-state index < -0.39 is 11.8 Å². The number of likely N-dealkylation sites (tertiary alicyclic amines) is 1. The molecule has 2 aromatic rings. The van der Waals surface area contributed by atoms with Gasteiger partial charge in [-0.3, -0.25) is 4.90 Å². The monoisotopic (exact) mass is 385 g/mol. The van der Waals surface area contributed by atoms with Crippen LogP contribution in [-0.4, -0.2) is 35.2 Å². The van der Waals surface area contributed by atoms with Gasteiger partial charge in [-0.05, 0) is 37.0 Å². The van der Waals surface area contributed by atoms with Crippen LogP contribution in [0.2, 0.25) is 0 Å². The van der Waals surface area contributed by atoms with Gasteiger partial charge in [-0.25, -0.2) is 9.18 Å². The average Bonchev–Trinajstić information content (AvgIpc) is 2.72. The van der Waals surface area contributed by atoms with E-state index in [0.717, 1.165) is 44.8 Å². The van der Waals surface area contributed by atoms with Crippen LogP contribution in [0.1, 0.15) is 60.1 Å². The lowest BCUT2D eigenvalue weighted by Crippen LogP contribution is -2.39. The molecule has 2 aromatic carbocycles. The van der Waals surface area contributed by atoms with E-state index >= 15 is 0 Å². The number of carboxylic acids is 1. The lowest BCUT2D eigenvalue weighted by molar-refractivity contribution is -0.0125. The largest absolute Gasteiger partial charge is 0.478 e.